The maximum atomic E-state index is 12.7. The molecule has 0 radical (unpaired) electrons. The largest absolute Gasteiger partial charge is 0.497 e. The molecule has 0 saturated carbocycles. The Hall–Kier alpha value is -4.67. The van der Waals surface area contributed by atoms with Gasteiger partial charge in [0.15, 0.2) is 11.5 Å². The summed E-state index contributed by atoms with van der Waals surface area (Å²) in [7, 11) is 1.53. The third-order valence-electron chi connectivity index (χ3n) is 6.13. The fourth-order valence-electron chi connectivity index (χ4n) is 4.31. The van der Waals surface area contributed by atoms with Crippen LogP contribution < -0.4 is 21.6 Å². The van der Waals surface area contributed by atoms with Gasteiger partial charge in [-0.1, -0.05) is 25.1 Å². The molecule has 1 atom stereocenters. The average Bonchev–Trinajstić information content (AvgIpc) is 3.52. The number of primary amides is 1. The SMILES string of the molecule is CCC=CC(=O)N1CCCC1c1nc(-c2ccc(C(=O)Nc3cc(OC)ccn3)cc2)c(C(N)=O)n1N. The Morgan fingerprint density at radius 1 is 1.22 bits per heavy atom. The van der Waals surface area contributed by atoms with Crippen LogP contribution in [0, 0.1) is 0 Å². The molecule has 4 rings (SSSR count). The van der Waals surface area contributed by atoms with Gasteiger partial charge >= 0.3 is 0 Å². The van der Waals surface area contributed by atoms with Crippen molar-refractivity contribution < 1.29 is 19.1 Å². The molecule has 1 aliphatic heterocycles. The fourth-order valence-corrected chi connectivity index (χ4v) is 4.31. The van der Waals surface area contributed by atoms with Crippen molar-refractivity contribution in [1.29, 1.82) is 0 Å². The van der Waals surface area contributed by atoms with Gasteiger partial charge in [-0.3, -0.25) is 14.4 Å². The van der Waals surface area contributed by atoms with Crippen LogP contribution in [0.25, 0.3) is 11.3 Å². The number of likely N-dealkylation sites (tertiary alicyclic amines) is 1. The summed E-state index contributed by atoms with van der Waals surface area (Å²) in [5.41, 5.74) is 6.90. The van der Waals surface area contributed by atoms with Gasteiger partial charge < -0.3 is 26.5 Å². The van der Waals surface area contributed by atoms with E-state index in [1.54, 1.807) is 53.5 Å². The molecule has 11 nitrogen and oxygen atoms in total. The summed E-state index contributed by atoms with van der Waals surface area (Å²) in [5, 5.41) is 2.72. The third-order valence-corrected chi connectivity index (χ3v) is 6.13. The molecule has 1 fully saturated rings. The maximum Gasteiger partial charge on any atom is 0.269 e. The number of benzene rings is 1. The van der Waals surface area contributed by atoms with Gasteiger partial charge in [-0.15, -0.1) is 0 Å². The summed E-state index contributed by atoms with van der Waals surface area (Å²) in [5.74, 6) is 6.34. The van der Waals surface area contributed by atoms with Crippen LogP contribution in [0.5, 0.6) is 5.75 Å². The zero-order chi connectivity index (χ0) is 26.5. The van der Waals surface area contributed by atoms with Crippen LogP contribution in [0.4, 0.5) is 5.82 Å². The van der Waals surface area contributed by atoms with Gasteiger partial charge in [0, 0.05) is 29.9 Å². The Morgan fingerprint density at radius 2 is 1.97 bits per heavy atom. The predicted octanol–water partition coefficient (Wildman–Crippen LogP) is 2.65. The molecule has 5 N–H and O–H groups in total. The molecule has 11 heteroatoms. The summed E-state index contributed by atoms with van der Waals surface area (Å²) in [6.07, 6.45) is 7.07. The topological polar surface area (TPSA) is 158 Å². The summed E-state index contributed by atoms with van der Waals surface area (Å²) in [6.45, 7) is 2.52. The zero-order valence-electron chi connectivity index (χ0n) is 20.7. The van der Waals surface area contributed by atoms with E-state index < -0.39 is 5.91 Å². The van der Waals surface area contributed by atoms with Gasteiger partial charge in [-0.25, -0.2) is 14.6 Å². The minimum Gasteiger partial charge on any atom is -0.497 e. The molecule has 1 aromatic carbocycles. The van der Waals surface area contributed by atoms with Crippen molar-refractivity contribution in [1.82, 2.24) is 19.5 Å². The number of aromatic nitrogens is 3. The molecule has 3 aromatic rings. The summed E-state index contributed by atoms with van der Waals surface area (Å²) in [6, 6.07) is 9.43. The van der Waals surface area contributed by atoms with E-state index >= 15 is 0 Å². The summed E-state index contributed by atoms with van der Waals surface area (Å²) < 4.78 is 6.32. The standard InChI is InChI=1S/C26H29N7O4/c1-3-4-7-21(34)32-14-5-6-19(32)25-31-22(23(24(27)35)33(25)28)16-8-10-17(11-9-16)26(36)30-20-15-18(37-2)12-13-29-20/h4,7-13,15,19H,3,5-6,14,28H2,1-2H3,(H2,27,35)(H,29,30,36). The number of nitrogen functional groups attached to an aromatic ring is 1. The van der Waals surface area contributed by atoms with Gasteiger partial charge in [0.25, 0.3) is 11.8 Å². The highest BCUT2D eigenvalue weighted by Crippen LogP contribution is 2.34. The van der Waals surface area contributed by atoms with Crippen molar-refractivity contribution >= 4 is 23.5 Å². The van der Waals surface area contributed by atoms with Crippen LogP contribution in [0.2, 0.25) is 0 Å². The number of methoxy groups -OCH3 is 1. The first-order chi connectivity index (χ1) is 17.8. The van der Waals surface area contributed by atoms with E-state index in [9.17, 15) is 14.4 Å². The molecule has 0 aliphatic carbocycles. The molecular formula is C26H29N7O4. The lowest BCUT2D eigenvalue weighted by molar-refractivity contribution is -0.127. The number of amides is 3. The van der Waals surface area contributed by atoms with Crippen molar-refractivity contribution in [3.63, 3.8) is 0 Å². The molecule has 1 unspecified atom stereocenters. The number of carbonyl (C=O) groups excluding carboxylic acids is 3. The van der Waals surface area contributed by atoms with Crippen LogP contribution >= 0.6 is 0 Å². The number of nitrogens with two attached hydrogens (primary N) is 2. The van der Waals surface area contributed by atoms with Gasteiger partial charge in [0.2, 0.25) is 5.91 Å². The Morgan fingerprint density at radius 3 is 2.65 bits per heavy atom. The van der Waals surface area contributed by atoms with Crippen molar-refractivity contribution in [3.05, 3.63) is 71.8 Å². The van der Waals surface area contributed by atoms with E-state index in [-0.39, 0.29) is 29.2 Å². The van der Waals surface area contributed by atoms with Gasteiger partial charge in [-0.05, 0) is 43.5 Å². The predicted molar refractivity (Wildman–Crippen MR) is 138 cm³/mol. The van der Waals surface area contributed by atoms with Gasteiger partial charge in [0.05, 0.1) is 13.2 Å². The van der Waals surface area contributed by atoms with Crippen molar-refractivity contribution in [3.8, 4) is 17.0 Å². The third kappa shape index (κ3) is 5.30. The maximum absolute atomic E-state index is 12.7. The number of hydrogen-bond acceptors (Lipinski definition) is 7. The van der Waals surface area contributed by atoms with Crippen LogP contribution in [-0.4, -0.2) is 50.9 Å². The quantitative estimate of drug-likeness (QED) is 0.315. The van der Waals surface area contributed by atoms with Crippen LogP contribution in [0.1, 0.15) is 58.9 Å². The van der Waals surface area contributed by atoms with E-state index in [2.05, 4.69) is 15.3 Å². The molecule has 37 heavy (non-hydrogen) atoms. The smallest absolute Gasteiger partial charge is 0.269 e. The molecule has 1 aliphatic rings. The molecule has 0 bridgehead atoms. The van der Waals surface area contributed by atoms with Gasteiger partial charge in [-0.2, -0.15) is 0 Å². The number of hydrogen-bond donors (Lipinski definition) is 3. The Labute approximate surface area is 214 Å². The number of anilines is 1. The zero-order valence-corrected chi connectivity index (χ0v) is 20.7. The van der Waals surface area contributed by atoms with Crippen LogP contribution in [0.3, 0.4) is 0 Å². The molecule has 3 amide bonds. The molecule has 0 spiro atoms. The van der Waals surface area contributed by atoms with Gasteiger partial charge in [0.1, 0.15) is 17.3 Å². The highest BCUT2D eigenvalue weighted by atomic mass is 16.5. The Kier molecular flexibility index (Phi) is 7.52. The van der Waals surface area contributed by atoms with E-state index in [0.717, 1.165) is 12.8 Å². The lowest BCUT2D eigenvalue weighted by Gasteiger charge is -2.23. The first-order valence-corrected chi connectivity index (χ1v) is 11.9. The molecule has 192 valence electrons. The van der Waals surface area contributed by atoms with Crippen molar-refractivity contribution in [2.24, 2.45) is 5.73 Å². The number of nitrogens with zero attached hydrogens (tertiary/aromatic N) is 4. The van der Waals surface area contributed by atoms with Crippen molar-refractivity contribution in [2.75, 3.05) is 24.8 Å². The van der Waals surface area contributed by atoms with E-state index in [4.69, 9.17) is 16.3 Å². The van der Waals surface area contributed by atoms with E-state index in [1.807, 2.05) is 6.92 Å². The molecule has 3 heterocycles. The molecule has 2 aromatic heterocycles. The number of nitrogens with one attached hydrogen (secondary N) is 1. The second-order valence-corrected chi connectivity index (χ2v) is 8.51. The second-order valence-electron chi connectivity index (χ2n) is 8.51. The number of carbonyl (C=O) groups is 3. The van der Waals surface area contributed by atoms with E-state index in [1.165, 1.54) is 18.0 Å². The number of imidazole rings is 1. The minimum absolute atomic E-state index is 0.0242. The summed E-state index contributed by atoms with van der Waals surface area (Å²) >= 11 is 0. The minimum atomic E-state index is -0.746. The van der Waals surface area contributed by atoms with E-state index in [0.29, 0.717) is 41.5 Å². The Balaban J connectivity index is 1.61. The first kappa shape index (κ1) is 25.4. The van der Waals surface area contributed by atoms with Crippen molar-refractivity contribution in [2.45, 2.75) is 32.2 Å². The highest BCUT2D eigenvalue weighted by Gasteiger charge is 2.34. The lowest BCUT2D eigenvalue weighted by Crippen LogP contribution is -2.33. The molecule has 1 saturated heterocycles. The first-order valence-electron chi connectivity index (χ1n) is 11.9. The highest BCUT2D eigenvalue weighted by molar-refractivity contribution is 6.04. The second kappa shape index (κ2) is 10.9. The lowest BCUT2D eigenvalue weighted by atomic mass is 10.1. The van der Waals surface area contributed by atoms with Crippen LogP contribution in [-0.2, 0) is 4.79 Å². The molecular weight excluding hydrogens is 474 g/mol. The Bertz CT molecular complexity index is 1350. The summed E-state index contributed by atoms with van der Waals surface area (Å²) in [4.78, 5) is 48.2. The van der Waals surface area contributed by atoms with Crippen LogP contribution in [0.15, 0.2) is 54.7 Å². The number of allylic oxidation sites excluding steroid dienone is 1. The monoisotopic (exact) mass is 503 g/mol. The fraction of sp³-hybridized carbons (Fsp3) is 0.269. The average molecular weight is 504 g/mol. The number of ether oxygens (including phenoxy) is 1. The normalized spacial score (nSPS) is 15.2. The number of pyridine rings is 1. The number of rotatable bonds is 8.